The molecule has 0 radical (unpaired) electrons. The first-order chi connectivity index (χ1) is 9.79. The molecule has 1 aromatic rings. The molecule has 0 aliphatic carbocycles. The summed E-state index contributed by atoms with van der Waals surface area (Å²) in [6.07, 6.45) is 6.50. The Morgan fingerprint density at radius 3 is 2.85 bits per heavy atom. The lowest BCUT2D eigenvalue weighted by Crippen LogP contribution is -2.43. The van der Waals surface area contributed by atoms with E-state index in [1.54, 1.807) is 0 Å². The molecule has 2 saturated heterocycles. The van der Waals surface area contributed by atoms with E-state index in [1.165, 1.54) is 19.3 Å². The number of anilines is 1. The van der Waals surface area contributed by atoms with Gasteiger partial charge >= 0.3 is 0 Å². The predicted octanol–water partition coefficient (Wildman–Crippen LogP) is 2.16. The Labute approximate surface area is 125 Å². The van der Waals surface area contributed by atoms with Crippen LogP contribution in [-0.2, 0) is 0 Å². The number of halogens is 1. The van der Waals surface area contributed by atoms with E-state index in [1.807, 2.05) is 18.3 Å². The molecule has 0 aromatic carbocycles. The van der Waals surface area contributed by atoms with Crippen LogP contribution in [0, 0.1) is 0 Å². The average molecular weight is 296 g/mol. The Morgan fingerprint density at radius 1 is 1.25 bits per heavy atom. The van der Waals surface area contributed by atoms with Crippen molar-refractivity contribution in [2.45, 2.75) is 37.8 Å². The number of hydrogen-bond donors (Lipinski definition) is 1. The topological polar surface area (TPSA) is 39.6 Å². The molecule has 2 atom stereocenters. The molecule has 0 saturated carbocycles. The van der Waals surface area contributed by atoms with Gasteiger partial charge in [0, 0.05) is 31.4 Å². The highest BCUT2D eigenvalue weighted by molar-refractivity contribution is 6.32. The van der Waals surface area contributed by atoms with Gasteiger partial charge in [-0.05, 0) is 44.4 Å². The molecule has 2 aliphatic heterocycles. The van der Waals surface area contributed by atoms with Crippen LogP contribution in [0.15, 0.2) is 18.3 Å². The van der Waals surface area contributed by atoms with Gasteiger partial charge in [0.25, 0.3) is 0 Å². The molecule has 2 aliphatic rings. The van der Waals surface area contributed by atoms with Crippen LogP contribution >= 0.6 is 11.6 Å². The van der Waals surface area contributed by atoms with Gasteiger partial charge in [-0.3, -0.25) is 4.90 Å². The summed E-state index contributed by atoms with van der Waals surface area (Å²) in [4.78, 5) is 9.22. The first-order valence-electron chi connectivity index (χ1n) is 7.51. The molecule has 1 aromatic heterocycles. The summed E-state index contributed by atoms with van der Waals surface area (Å²) in [6, 6.07) is 4.59. The van der Waals surface area contributed by atoms with E-state index in [9.17, 15) is 5.11 Å². The molecule has 3 heterocycles. The number of hydrogen-bond acceptors (Lipinski definition) is 4. The molecule has 20 heavy (non-hydrogen) atoms. The molecule has 1 N–H and O–H groups in total. The van der Waals surface area contributed by atoms with Crippen LogP contribution in [0.5, 0.6) is 0 Å². The number of aromatic nitrogens is 1. The molecule has 3 rings (SSSR count). The molecule has 0 amide bonds. The van der Waals surface area contributed by atoms with Crippen LogP contribution in [0.3, 0.4) is 0 Å². The number of aliphatic hydroxyl groups excluding tert-OH is 1. The van der Waals surface area contributed by atoms with Gasteiger partial charge in [-0.15, -0.1) is 0 Å². The quantitative estimate of drug-likeness (QED) is 0.924. The third kappa shape index (κ3) is 2.78. The number of nitrogens with zero attached hydrogens (tertiary/aromatic N) is 3. The summed E-state index contributed by atoms with van der Waals surface area (Å²) in [5.74, 6) is 0.913. The van der Waals surface area contributed by atoms with Gasteiger partial charge in [0.05, 0.1) is 11.6 Å². The normalized spacial score (nSPS) is 27.4. The number of aliphatic hydroxyl groups is 1. The Kier molecular flexibility index (Phi) is 4.44. The molecule has 2 unspecified atom stereocenters. The summed E-state index contributed by atoms with van der Waals surface area (Å²) in [5, 5.41) is 10.2. The Balaban J connectivity index is 1.71. The molecule has 0 spiro atoms. The van der Waals surface area contributed by atoms with Gasteiger partial charge in [0.1, 0.15) is 5.82 Å². The van der Waals surface area contributed by atoms with Gasteiger partial charge in [0.2, 0.25) is 0 Å². The van der Waals surface area contributed by atoms with Crippen LogP contribution in [-0.4, -0.2) is 53.3 Å². The zero-order valence-electron chi connectivity index (χ0n) is 11.7. The fourth-order valence-electron chi connectivity index (χ4n) is 3.51. The SMILES string of the molecule is OCC1CCCN1CC1CCCN1c1ncccc1Cl. The Hall–Kier alpha value is -0.840. The fourth-order valence-corrected chi connectivity index (χ4v) is 3.74. The Morgan fingerprint density at radius 2 is 2.05 bits per heavy atom. The van der Waals surface area contributed by atoms with Crippen LogP contribution in [0.1, 0.15) is 25.7 Å². The van der Waals surface area contributed by atoms with E-state index in [-0.39, 0.29) is 6.61 Å². The van der Waals surface area contributed by atoms with E-state index in [4.69, 9.17) is 11.6 Å². The van der Waals surface area contributed by atoms with Gasteiger partial charge in [0.15, 0.2) is 0 Å². The number of likely N-dealkylation sites (tertiary alicyclic amines) is 1. The fraction of sp³-hybridized carbons (Fsp3) is 0.667. The van der Waals surface area contributed by atoms with E-state index in [0.717, 1.165) is 36.9 Å². The van der Waals surface area contributed by atoms with Gasteiger partial charge in [-0.25, -0.2) is 4.98 Å². The van der Waals surface area contributed by atoms with Crippen molar-refractivity contribution in [3.63, 3.8) is 0 Å². The zero-order valence-corrected chi connectivity index (χ0v) is 12.5. The monoisotopic (exact) mass is 295 g/mol. The zero-order chi connectivity index (χ0) is 13.9. The van der Waals surface area contributed by atoms with Crippen molar-refractivity contribution in [3.05, 3.63) is 23.4 Å². The van der Waals surface area contributed by atoms with E-state index >= 15 is 0 Å². The summed E-state index contributed by atoms with van der Waals surface area (Å²) in [6.45, 7) is 3.42. The molecule has 110 valence electrons. The maximum atomic E-state index is 9.45. The second-order valence-electron chi connectivity index (χ2n) is 5.77. The minimum Gasteiger partial charge on any atom is -0.395 e. The van der Waals surface area contributed by atoms with Crippen molar-refractivity contribution in [2.24, 2.45) is 0 Å². The largest absolute Gasteiger partial charge is 0.395 e. The lowest BCUT2D eigenvalue weighted by atomic mass is 10.2. The molecule has 2 fully saturated rings. The molecule has 5 heteroatoms. The summed E-state index contributed by atoms with van der Waals surface area (Å²) in [5.41, 5.74) is 0. The smallest absolute Gasteiger partial charge is 0.147 e. The number of rotatable bonds is 4. The second-order valence-corrected chi connectivity index (χ2v) is 6.18. The molecule has 0 bridgehead atoms. The van der Waals surface area contributed by atoms with Crippen molar-refractivity contribution in [3.8, 4) is 0 Å². The summed E-state index contributed by atoms with van der Waals surface area (Å²) in [7, 11) is 0. The van der Waals surface area contributed by atoms with E-state index in [2.05, 4.69) is 14.8 Å². The maximum absolute atomic E-state index is 9.45. The van der Waals surface area contributed by atoms with Crippen molar-refractivity contribution in [1.29, 1.82) is 0 Å². The average Bonchev–Trinajstić information content (AvgIpc) is 3.09. The maximum Gasteiger partial charge on any atom is 0.147 e. The van der Waals surface area contributed by atoms with Crippen LogP contribution in [0.4, 0.5) is 5.82 Å². The highest BCUT2D eigenvalue weighted by atomic mass is 35.5. The van der Waals surface area contributed by atoms with Crippen molar-refractivity contribution >= 4 is 17.4 Å². The molecular formula is C15H22ClN3O. The van der Waals surface area contributed by atoms with E-state index < -0.39 is 0 Å². The summed E-state index contributed by atoms with van der Waals surface area (Å²) >= 11 is 6.28. The lowest BCUT2D eigenvalue weighted by Gasteiger charge is -2.32. The van der Waals surface area contributed by atoms with Crippen LogP contribution in [0.25, 0.3) is 0 Å². The van der Waals surface area contributed by atoms with Gasteiger partial charge in [-0.2, -0.15) is 0 Å². The van der Waals surface area contributed by atoms with Crippen LogP contribution in [0.2, 0.25) is 5.02 Å². The molecular weight excluding hydrogens is 274 g/mol. The first-order valence-corrected chi connectivity index (χ1v) is 7.89. The highest BCUT2D eigenvalue weighted by Gasteiger charge is 2.32. The van der Waals surface area contributed by atoms with Crippen molar-refractivity contribution in [1.82, 2.24) is 9.88 Å². The van der Waals surface area contributed by atoms with Crippen molar-refractivity contribution < 1.29 is 5.11 Å². The summed E-state index contributed by atoms with van der Waals surface area (Å²) < 4.78 is 0. The third-order valence-corrected chi connectivity index (χ3v) is 4.84. The Bertz CT molecular complexity index is 456. The van der Waals surface area contributed by atoms with Crippen molar-refractivity contribution in [2.75, 3.05) is 31.1 Å². The third-order valence-electron chi connectivity index (χ3n) is 4.54. The second kappa shape index (κ2) is 6.29. The highest BCUT2D eigenvalue weighted by Crippen LogP contribution is 2.31. The van der Waals surface area contributed by atoms with Gasteiger partial charge in [-0.1, -0.05) is 11.6 Å². The van der Waals surface area contributed by atoms with Gasteiger partial charge < -0.3 is 10.0 Å². The predicted molar refractivity (Wildman–Crippen MR) is 81.3 cm³/mol. The minimum absolute atomic E-state index is 0.275. The lowest BCUT2D eigenvalue weighted by molar-refractivity contribution is 0.153. The number of pyridine rings is 1. The molecule has 4 nitrogen and oxygen atoms in total. The van der Waals surface area contributed by atoms with Crippen LogP contribution < -0.4 is 4.90 Å². The minimum atomic E-state index is 0.275. The van der Waals surface area contributed by atoms with E-state index in [0.29, 0.717) is 12.1 Å². The first kappa shape index (κ1) is 14.1. The standard InChI is InChI=1S/C15H22ClN3O/c16-14-6-1-7-17-15(14)19-9-3-4-12(19)10-18-8-2-5-13(18)11-20/h1,6-7,12-13,20H,2-5,8-11H2.